The topological polar surface area (TPSA) is 51.2 Å². The fraction of sp³-hybridized carbons (Fsp3) is 0.100. The summed E-state index contributed by atoms with van der Waals surface area (Å²) in [6.07, 6.45) is 13.5. The maximum absolute atomic E-state index is 8.00. The van der Waals surface area contributed by atoms with Crippen LogP contribution in [-0.4, -0.2) is 20.4 Å². The van der Waals surface area contributed by atoms with E-state index in [4.69, 9.17) is 14.4 Å². The minimum absolute atomic E-state index is 0. The molecule has 4 heteroatoms. The molecule has 0 unspecified atom stereocenters. The van der Waals surface area contributed by atoms with E-state index in [1.54, 1.807) is 0 Å². The SMILES string of the molecule is C1=CC=CCC=C1.C=O.C=O.C=O.[Fe]. The Bertz CT molecular complexity index is 146. The van der Waals surface area contributed by atoms with Gasteiger partial charge in [-0.15, -0.1) is 0 Å². The van der Waals surface area contributed by atoms with Crippen molar-refractivity contribution in [1.29, 1.82) is 0 Å². The van der Waals surface area contributed by atoms with Crippen LogP contribution in [0.5, 0.6) is 0 Å². The van der Waals surface area contributed by atoms with Crippen LogP contribution in [0, 0.1) is 0 Å². The Morgan fingerprint density at radius 2 is 0.929 bits per heavy atom. The van der Waals surface area contributed by atoms with E-state index < -0.39 is 0 Å². The van der Waals surface area contributed by atoms with Crippen LogP contribution in [0.4, 0.5) is 0 Å². The number of allylic oxidation sites excluding steroid dienone is 6. The van der Waals surface area contributed by atoms with E-state index in [1.165, 1.54) is 0 Å². The minimum atomic E-state index is 0. The molecular weight excluding hydrogens is 224 g/mol. The van der Waals surface area contributed by atoms with Crippen molar-refractivity contribution in [1.82, 2.24) is 0 Å². The third-order valence-corrected chi connectivity index (χ3v) is 0.878. The molecule has 0 N–H and O–H groups in total. The molecule has 1 rings (SSSR count). The second-order valence-corrected chi connectivity index (χ2v) is 1.48. The Hall–Kier alpha value is -1.25. The Labute approximate surface area is 95.0 Å². The average molecular weight is 238 g/mol. The fourth-order valence-corrected chi connectivity index (χ4v) is 0.521. The molecule has 0 radical (unpaired) electrons. The molecule has 0 bridgehead atoms. The summed E-state index contributed by atoms with van der Waals surface area (Å²) in [7, 11) is 0. The van der Waals surface area contributed by atoms with Gasteiger partial charge in [0.1, 0.15) is 20.4 Å². The molecular formula is C10H14FeO3. The van der Waals surface area contributed by atoms with E-state index in [0.717, 1.165) is 6.42 Å². The molecule has 0 saturated heterocycles. The molecule has 0 heterocycles. The molecule has 14 heavy (non-hydrogen) atoms. The smallest absolute Gasteiger partial charge is 0.106 e. The van der Waals surface area contributed by atoms with E-state index in [1.807, 2.05) is 32.5 Å². The Morgan fingerprint density at radius 3 is 1.21 bits per heavy atom. The van der Waals surface area contributed by atoms with Crippen LogP contribution < -0.4 is 0 Å². The molecule has 3 nitrogen and oxygen atoms in total. The number of rotatable bonds is 0. The summed E-state index contributed by atoms with van der Waals surface area (Å²) in [6.45, 7) is 6.00. The van der Waals surface area contributed by atoms with Crippen molar-refractivity contribution >= 4 is 20.4 Å². The quantitative estimate of drug-likeness (QED) is 0.601. The summed E-state index contributed by atoms with van der Waals surface area (Å²) in [5, 5.41) is 0. The van der Waals surface area contributed by atoms with Crippen molar-refractivity contribution in [2.24, 2.45) is 0 Å². The first-order chi connectivity index (χ1) is 6.50. The number of hydrogen-bond donors (Lipinski definition) is 0. The summed E-state index contributed by atoms with van der Waals surface area (Å²) in [5.41, 5.74) is 0. The average Bonchev–Trinajstić information content (AvgIpc) is 2.58. The molecule has 0 saturated carbocycles. The maximum atomic E-state index is 8.00. The molecule has 1 aliphatic carbocycles. The number of hydrogen-bond acceptors (Lipinski definition) is 3. The third kappa shape index (κ3) is 30.9. The molecule has 0 fully saturated rings. The van der Waals surface area contributed by atoms with Crippen LogP contribution >= 0.6 is 0 Å². The Balaban J connectivity index is -0.0000000625. The first kappa shape index (κ1) is 23.0. The summed E-state index contributed by atoms with van der Waals surface area (Å²) in [6, 6.07) is 0. The van der Waals surface area contributed by atoms with Crippen molar-refractivity contribution in [3.63, 3.8) is 0 Å². The first-order valence-electron chi connectivity index (χ1n) is 3.35. The van der Waals surface area contributed by atoms with Gasteiger partial charge in [-0.05, 0) is 6.42 Å². The molecule has 0 aliphatic heterocycles. The zero-order valence-corrected chi connectivity index (χ0v) is 8.98. The largest absolute Gasteiger partial charge is 0.307 e. The van der Waals surface area contributed by atoms with Gasteiger partial charge in [-0.2, -0.15) is 0 Å². The molecule has 0 aromatic rings. The van der Waals surface area contributed by atoms with Gasteiger partial charge in [0.05, 0.1) is 0 Å². The van der Waals surface area contributed by atoms with Crippen LogP contribution in [0.2, 0.25) is 0 Å². The number of carbonyl (C=O) groups excluding carboxylic acids is 3. The Morgan fingerprint density at radius 1 is 0.643 bits per heavy atom. The van der Waals surface area contributed by atoms with Crippen LogP contribution in [0.3, 0.4) is 0 Å². The third-order valence-electron chi connectivity index (χ3n) is 0.878. The van der Waals surface area contributed by atoms with Gasteiger partial charge in [0.2, 0.25) is 0 Å². The fourth-order valence-electron chi connectivity index (χ4n) is 0.521. The summed E-state index contributed by atoms with van der Waals surface area (Å²) in [4.78, 5) is 24.0. The predicted octanol–water partition coefficient (Wildman–Crippen LogP) is 1.50. The summed E-state index contributed by atoms with van der Waals surface area (Å²) < 4.78 is 0. The van der Waals surface area contributed by atoms with Crippen LogP contribution in [0.1, 0.15) is 6.42 Å². The molecule has 1 aliphatic rings. The molecule has 0 amide bonds. The normalized spacial score (nSPS) is 9.43. The van der Waals surface area contributed by atoms with Crippen molar-refractivity contribution < 1.29 is 31.5 Å². The van der Waals surface area contributed by atoms with E-state index in [2.05, 4.69) is 24.3 Å². The van der Waals surface area contributed by atoms with Gasteiger partial charge in [-0.1, -0.05) is 36.5 Å². The first-order valence-corrected chi connectivity index (χ1v) is 3.35. The molecule has 0 aromatic heterocycles. The summed E-state index contributed by atoms with van der Waals surface area (Å²) >= 11 is 0. The van der Waals surface area contributed by atoms with Crippen molar-refractivity contribution in [3.8, 4) is 0 Å². The van der Waals surface area contributed by atoms with Gasteiger partial charge in [0.15, 0.2) is 0 Å². The summed E-state index contributed by atoms with van der Waals surface area (Å²) in [5.74, 6) is 0. The van der Waals surface area contributed by atoms with Crippen molar-refractivity contribution in [3.05, 3.63) is 36.5 Å². The Kier molecular flexibility index (Phi) is 67.4. The molecule has 0 spiro atoms. The predicted molar refractivity (Wildman–Crippen MR) is 53.4 cm³/mol. The van der Waals surface area contributed by atoms with Crippen molar-refractivity contribution in [2.45, 2.75) is 6.42 Å². The maximum Gasteiger partial charge on any atom is 0.106 e. The van der Waals surface area contributed by atoms with Crippen molar-refractivity contribution in [2.75, 3.05) is 0 Å². The number of carbonyl (C=O) groups is 3. The molecule has 80 valence electrons. The van der Waals surface area contributed by atoms with Gasteiger partial charge in [-0.3, -0.25) is 0 Å². The van der Waals surface area contributed by atoms with Gasteiger partial charge in [0, 0.05) is 17.1 Å². The second kappa shape index (κ2) is 41.1. The monoisotopic (exact) mass is 238 g/mol. The minimum Gasteiger partial charge on any atom is -0.307 e. The second-order valence-electron chi connectivity index (χ2n) is 1.48. The van der Waals surface area contributed by atoms with Crippen LogP contribution in [0.15, 0.2) is 36.5 Å². The van der Waals surface area contributed by atoms with Gasteiger partial charge >= 0.3 is 0 Å². The van der Waals surface area contributed by atoms with E-state index >= 15 is 0 Å². The van der Waals surface area contributed by atoms with Crippen LogP contribution in [0.25, 0.3) is 0 Å². The van der Waals surface area contributed by atoms with Crippen LogP contribution in [-0.2, 0) is 31.5 Å². The van der Waals surface area contributed by atoms with Gasteiger partial charge in [-0.25, -0.2) is 0 Å². The standard InChI is InChI=1S/C7H8.3CH2O.Fe/c1-2-4-6-7-5-3-1;3*1-2;/h1-6H,7H2;3*1H2;. The van der Waals surface area contributed by atoms with E-state index in [0.29, 0.717) is 0 Å². The molecule has 0 aromatic carbocycles. The van der Waals surface area contributed by atoms with E-state index in [9.17, 15) is 0 Å². The van der Waals surface area contributed by atoms with Gasteiger partial charge < -0.3 is 14.4 Å². The zero-order chi connectivity index (χ0) is 10.9. The van der Waals surface area contributed by atoms with E-state index in [-0.39, 0.29) is 17.1 Å². The zero-order valence-electron chi connectivity index (χ0n) is 7.87. The molecule has 0 atom stereocenters. The van der Waals surface area contributed by atoms with Gasteiger partial charge in [0.25, 0.3) is 0 Å².